The lowest BCUT2D eigenvalue weighted by molar-refractivity contribution is 0.384. The molecule has 0 aliphatic rings. The van der Waals surface area contributed by atoms with Gasteiger partial charge in [0.25, 0.3) is 0 Å². The zero-order chi connectivity index (χ0) is 24.0. The van der Waals surface area contributed by atoms with E-state index in [4.69, 9.17) is 27.0 Å². The summed E-state index contributed by atoms with van der Waals surface area (Å²) in [6.07, 6.45) is 11.5. The van der Waals surface area contributed by atoms with Crippen LogP contribution in [0.1, 0.15) is 91.9 Å². The Kier molecular flexibility index (Phi) is 15.3. The van der Waals surface area contributed by atoms with Crippen molar-refractivity contribution in [3.05, 3.63) is 0 Å². The molecule has 0 aromatic rings. The molecular formula is C24H58N4OSi2. The van der Waals surface area contributed by atoms with E-state index in [-0.39, 0.29) is 10.1 Å². The molecule has 0 heterocycles. The normalized spacial score (nSPS) is 16.8. The van der Waals surface area contributed by atoms with E-state index in [1.165, 1.54) is 50.6 Å². The Hall–Kier alpha value is 0.234. The summed E-state index contributed by atoms with van der Waals surface area (Å²) in [6.45, 7) is 18.0. The van der Waals surface area contributed by atoms with Gasteiger partial charge in [-0.2, -0.15) is 0 Å². The van der Waals surface area contributed by atoms with Gasteiger partial charge in [-0.05, 0) is 100.0 Å². The first kappa shape index (κ1) is 31.2. The van der Waals surface area contributed by atoms with E-state index in [0.717, 1.165) is 51.9 Å². The van der Waals surface area contributed by atoms with Gasteiger partial charge in [0, 0.05) is 0 Å². The Labute approximate surface area is 197 Å². The minimum atomic E-state index is -2.01. The van der Waals surface area contributed by atoms with Gasteiger partial charge in [-0.3, -0.25) is 0 Å². The third-order valence-corrected chi connectivity index (χ3v) is 20.5. The van der Waals surface area contributed by atoms with Crippen LogP contribution in [-0.4, -0.2) is 42.8 Å². The van der Waals surface area contributed by atoms with Crippen molar-refractivity contribution < 1.29 is 4.12 Å². The van der Waals surface area contributed by atoms with Crippen LogP contribution >= 0.6 is 0 Å². The first-order valence-electron chi connectivity index (χ1n) is 13.0. The highest BCUT2D eigenvalue weighted by Gasteiger charge is 2.53. The van der Waals surface area contributed by atoms with Gasteiger partial charge in [0.1, 0.15) is 0 Å². The highest BCUT2D eigenvalue weighted by molar-refractivity contribution is 6.88. The van der Waals surface area contributed by atoms with Crippen LogP contribution in [-0.2, 0) is 4.12 Å². The van der Waals surface area contributed by atoms with Gasteiger partial charge in [0.05, 0.1) is 0 Å². The average molecular weight is 475 g/mol. The standard InChI is InChI=1S/C24H58N4OSi2/c1-23(2,15-7-9-17-25)30(5,21-13-11-19-27)29-31(6,22-14-12-20-28)24(3,4)16-8-10-18-26/h7-22,25-28H2,1-6H3. The van der Waals surface area contributed by atoms with E-state index in [1.54, 1.807) is 0 Å². The van der Waals surface area contributed by atoms with Crippen LogP contribution in [0.3, 0.4) is 0 Å². The Morgan fingerprint density at radius 2 is 0.806 bits per heavy atom. The molecule has 0 spiro atoms. The van der Waals surface area contributed by atoms with E-state index in [9.17, 15) is 0 Å². The van der Waals surface area contributed by atoms with E-state index >= 15 is 0 Å². The molecule has 7 heteroatoms. The molecule has 0 bridgehead atoms. The molecule has 0 radical (unpaired) electrons. The minimum absolute atomic E-state index is 0.228. The van der Waals surface area contributed by atoms with Gasteiger partial charge in [-0.15, -0.1) is 0 Å². The lowest BCUT2D eigenvalue weighted by Gasteiger charge is -2.53. The molecule has 2 atom stereocenters. The summed E-state index contributed by atoms with van der Waals surface area (Å²) >= 11 is 0. The topological polar surface area (TPSA) is 113 Å². The van der Waals surface area contributed by atoms with Crippen molar-refractivity contribution in [3.8, 4) is 0 Å². The van der Waals surface area contributed by atoms with Gasteiger partial charge in [-0.25, -0.2) is 0 Å². The molecule has 5 nitrogen and oxygen atoms in total. The predicted molar refractivity (Wildman–Crippen MR) is 144 cm³/mol. The number of hydrogen-bond acceptors (Lipinski definition) is 5. The van der Waals surface area contributed by atoms with Crippen LogP contribution in [0, 0.1) is 0 Å². The first-order valence-corrected chi connectivity index (χ1v) is 18.2. The van der Waals surface area contributed by atoms with Crippen molar-refractivity contribution in [1.82, 2.24) is 0 Å². The molecule has 0 fully saturated rings. The molecule has 0 rings (SSSR count). The third-order valence-electron chi connectivity index (χ3n) is 8.04. The van der Waals surface area contributed by atoms with Gasteiger partial charge in [0.15, 0.2) is 16.6 Å². The van der Waals surface area contributed by atoms with E-state index in [1.807, 2.05) is 0 Å². The van der Waals surface area contributed by atoms with E-state index in [2.05, 4.69) is 40.8 Å². The van der Waals surface area contributed by atoms with Crippen LogP contribution in [0.2, 0.25) is 35.3 Å². The quantitative estimate of drug-likeness (QED) is 0.138. The number of rotatable bonds is 20. The summed E-state index contributed by atoms with van der Waals surface area (Å²) in [6, 6.07) is 2.41. The number of unbranched alkanes of at least 4 members (excludes halogenated alkanes) is 4. The van der Waals surface area contributed by atoms with Crippen molar-refractivity contribution in [1.29, 1.82) is 0 Å². The maximum atomic E-state index is 7.64. The Morgan fingerprint density at radius 1 is 0.516 bits per heavy atom. The number of hydrogen-bond donors (Lipinski definition) is 4. The summed E-state index contributed by atoms with van der Waals surface area (Å²) in [4.78, 5) is 0. The van der Waals surface area contributed by atoms with Crippen molar-refractivity contribution in [2.75, 3.05) is 26.2 Å². The van der Waals surface area contributed by atoms with Gasteiger partial charge >= 0.3 is 0 Å². The zero-order valence-corrected chi connectivity index (χ0v) is 24.0. The summed E-state index contributed by atoms with van der Waals surface area (Å²) in [5, 5.41) is 0.457. The molecule has 0 aliphatic heterocycles. The van der Waals surface area contributed by atoms with E-state index in [0.29, 0.717) is 0 Å². The van der Waals surface area contributed by atoms with Crippen LogP contribution < -0.4 is 22.9 Å². The van der Waals surface area contributed by atoms with Gasteiger partial charge in [0.2, 0.25) is 0 Å². The molecule has 0 amide bonds. The monoisotopic (exact) mass is 474 g/mol. The number of nitrogens with two attached hydrogens (primary N) is 4. The SMILES string of the molecule is CC(C)(CCCCN)[Si](C)(CCCCN)O[Si](C)(CCCCN)C(C)(C)CCCCN. The van der Waals surface area contributed by atoms with Crippen molar-refractivity contribution in [2.45, 2.75) is 127 Å². The zero-order valence-electron chi connectivity index (χ0n) is 22.0. The third kappa shape index (κ3) is 10.4. The smallest absolute Gasteiger partial charge is 0.182 e. The lowest BCUT2D eigenvalue weighted by atomic mass is 10.1. The predicted octanol–water partition coefficient (Wildman–Crippen LogP) is 5.45. The van der Waals surface area contributed by atoms with Crippen LogP contribution in [0.25, 0.3) is 0 Å². The summed E-state index contributed by atoms with van der Waals surface area (Å²) in [5.74, 6) is 0. The molecule has 31 heavy (non-hydrogen) atoms. The maximum absolute atomic E-state index is 7.64. The highest BCUT2D eigenvalue weighted by Crippen LogP contribution is 2.52. The molecule has 0 aliphatic carbocycles. The molecule has 0 saturated heterocycles. The van der Waals surface area contributed by atoms with Crippen LogP contribution in [0.15, 0.2) is 0 Å². The second-order valence-electron chi connectivity index (χ2n) is 11.3. The van der Waals surface area contributed by atoms with E-state index < -0.39 is 16.6 Å². The lowest BCUT2D eigenvalue weighted by Crippen LogP contribution is -2.58. The Bertz CT molecular complexity index is 425. The second kappa shape index (κ2) is 15.2. The summed E-state index contributed by atoms with van der Waals surface area (Å²) in [7, 11) is -4.02. The van der Waals surface area contributed by atoms with Crippen molar-refractivity contribution in [3.63, 3.8) is 0 Å². The Morgan fingerprint density at radius 3 is 1.10 bits per heavy atom. The minimum Gasteiger partial charge on any atom is -0.454 e. The fourth-order valence-electron chi connectivity index (χ4n) is 4.72. The fourth-order valence-corrected chi connectivity index (χ4v) is 16.3. The van der Waals surface area contributed by atoms with Crippen molar-refractivity contribution in [2.24, 2.45) is 22.9 Å². The fraction of sp³-hybridized carbons (Fsp3) is 1.00. The molecule has 188 valence electrons. The van der Waals surface area contributed by atoms with Gasteiger partial charge in [-0.1, -0.05) is 53.4 Å². The molecule has 8 N–H and O–H groups in total. The average Bonchev–Trinajstić information content (AvgIpc) is 2.68. The van der Waals surface area contributed by atoms with Crippen LogP contribution in [0.5, 0.6) is 0 Å². The van der Waals surface area contributed by atoms with Gasteiger partial charge < -0.3 is 27.0 Å². The molecule has 2 unspecified atom stereocenters. The first-order chi connectivity index (χ1) is 14.4. The van der Waals surface area contributed by atoms with Crippen molar-refractivity contribution >= 4 is 16.6 Å². The highest BCUT2D eigenvalue weighted by atomic mass is 28.4. The molecule has 0 saturated carbocycles. The molecular weight excluding hydrogens is 416 g/mol. The Balaban J connectivity index is 5.86. The summed E-state index contributed by atoms with van der Waals surface area (Å²) in [5.41, 5.74) is 23.3. The largest absolute Gasteiger partial charge is 0.454 e. The second-order valence-corrected chi connectivity index (χ2v) is 20.8. The molecule has 0 aromatic carbocycles. The van der Waals surface area contributed by atoms with Crippen LogP contribution in [0.4, 0.5) is 0 Å². The summed E-state index contributed by atoms with van der Waals surface area (Å²) < 4.78 is 7.64. The maximum Gasteiger partial charge on any atom is 0.182 e. The molecule has 0 aromatic heterocycles.